The van der Waals surface area contributed by atoms with E-state index in [1.54, 1.807) is 0 Å². The van der Waals surface area contributed by atoms with Crippen molar-refractivity contribution in [3.63, 3.8) is 0 Å². The van der Waals surface area contributed by atoms with E-state index in [-0.39, 0.29) is 0 Å². The average Bonchev–Trinajstić information content (AvgIpc) is 3.31. The molecule has 2 saturated carbocycles. The molecule has 0 saturated heterocycles. The molecule has 2 heteroatoms. The molecule has 0 spiro atoms. The summed E-state index contributed by atoms with van der Waals surface area (Å²) in [4.78, 5) is 0. The molecule has 2 aliphatic carbocycles. The van der Waals surface area contributed by atoms with Crippen LogP contribution in [0.15, 0.2) is 24.3 Å². The van der Waals surface area contributed by atoms with E-state index in [2.05, 4.69) is 29.6 Å². The lowest BCUT2D eigenvalue weighted by Crippen LogP contribution is -2.15. The molecule has 0 heterocycles. The van der Waals surface area contributed by atoms with Crippen LogP contribution in [-0.4, -0.2) is 12.6 Å². The second-order valence-electron chi connectivity index (χ2n) is 6.49. The fourth-order valence-corrected chi connectivity index (χ4v) is 3.08. The van der Waals surface area contributed by atoms with E-state index in [4.69, 9.17) is 4.74 Å². The van der Waals surface area contributed by atoms with E-state index >= 15 is 0 Å². The van der Waals surface area contributed by atoms with Crippen LogP contribution in [0.25, 0.3) is 0 Å². The van der Waals surface area contributed by atoms with Crippen LogP contribution in [0.4, 0.5) is 0 Å². The first-order valence-corrected chi connectivity index (χ1v) is 8.29. The minimum absolute atomic E-state index is 0.772. The Morgan fingerprint density at radius 3 is 2.60 bits per heavy atom. The topological polar surface area (TPSA) is 21.3 Å². The zero-order valence-electron chi connectivity index (χ0n) is 12.4. The van der Waals surface area contributed by atoms with Crippen molar-refractivity contribution in [2.24, 2.45) is 5.92 Å². The molecule has 0 unspecified atom stereocenters. The number of rotatable bonds is 7. The Morgan fingerprint density at radius 2 is 1.80 bits per heavy atom. The fourth-order valence-electron chi connectivity index (χ4n) is 3.08. The summed E-state index contributed by atoms with van der Waals surface area (Å²) in [6, 6.07) is 9.61. The SMILES string of the molecule is c1cc(CNC2CC2)cc(COCC2CCCCC2)c1. The summed E-state index contributed by atoms with van der Waals surface area (Å²) in [5, 5.41) is 3.57. The second kappa shape index (κ2) is 7.24. The van der Waals surface area contributed by atoms with Gasteiger partial charge in [-0.3, -0.25) is 0 Å². The predicted molar refractivity (Wildman–Crippen MR) is 82.5 cm³/mol. The first-order chi connectivity index (χ1) is 9.90. The van der Waals surface area contributed by atoms with E-state index in [1.807, 2.05) is 0 Å². The predicted octanol–water partition coefficient (Wildman–Crippen LogP) is 4.04. The first-order valence-electron chi connectivity index (χ1n) is 8.29. The normalized spacial score (nSPS) is 20.2. The third kappa shape index (κ3) is 4.60. The molecular weight excluding hydrogens is 246 g/mol. The summed E-state index contributed by atoms with van der Waals surface area (Å²) in [5.41, 5.74) is 2.70. The number of hydrogen-bond donors (Lipinski definition) is 1. The Kier molecular flexibility index (Phi) is 5.10. The highest BCUT2D eigenvalue weighted by Gasteiger charge is 2.19. The average molecular weight is 273 g/mol. The fraction of sp³-hybridized carbons (Fsp3) is 0.667. The molecule has 0 amide bonds. The molecule has 2 aliphatic rings. The molecular formula is C18H27NO. The zero-order chi connectivity index (χ0) is 13.6. The first kappa shape index (κ1) is 14.1. The molecule has 0 radical (unpaired) electrons. The molecule has 110 valence electrons. The molecule has 0 atom stereocenters. The van der Waals surface area contributed by atoms with Gasteiger partial charge in [-0.2, -0.15) is 0 Å². The maximum atomic E-state index is 5.93. The van der Waals surface area contributed by atoms with Crippen molar-refractivity contribution in [2.75, 3.05) is 6.61 Å². The van der Waals surface area contributed by atoms with E-state index in [9.17, 15) is 0 Å². The van der Waals surface area contributed by atoms with Crippen molar-refractivity contribution in [1.29, 1.82) is 0 Å². The van der Waals surface area contributed by atoms with Crippen LogP contribution < -0.4 is 5.32 Å². The minimum atomic E-state index is 0.772. The van der Waals surface area contributed by atoms with Gasteiger partial charge in [-0.05, 0) is 42.7 Å². The molecule has 3 rings (SSSR count). The van der Waals surface area contributed by atoms with Gasteiger partial charge < -0.3 is 10.1 Å². The summed E-state index contributed by atoms with van der Waals surface area (Å²) in [7, 11) is 0. The molecule has 2 nitrogen and oxygen atoms in total. The summed E-state index contributed by atoms with van der Waals surface area (Å²) in [6.45, 7) is 2.72. The van der Waals surface area contributed by atoms with Crippen molar-refractivity contribution < 1.29 is 4.74 Å². The monoisotopic (exact) mass is 273 g/mol. The van der Waals surface area contributed by atoms with E-state index in [0.29, 0.717) is 0 Å². The van der Waals surface area contributed by atoms with Crippen molar-refractivity contribution >= 4 is 0 Å². The largest absolute Gasteiger partial charge is 0.376 e. The van der Waals surface area contributed by atoms with Gasteiger partial charge in [0.25, 0.3) is 0 Å². The van der Waals surface area contributed by atoms with Crippen molar-refractivity contribution in [2.45, 2.75) is 64.1 Å². The standard InChI is InChI=1S/C18H27NO/c1-2-5-15(6-3-1)13-20-14-17-8-4-7-16(11-17)12-19-18-9-10-18/h4,7-8,11,15,18-19H,1-3,5-6,9-10,12-14H2. The van der Waals surface area contributed by atoms with Gasteiger partial charge in [-0.15, -0.1) is 0 Å². The number of hydrogen-bond acceptors (Lipinski definition) is 2. The summed E-state index contributed by atoms with van der Waals surface area (Å²) >= 11 is 0. The molecule has 1 aromatic rings. The van der Waals surface area contributed by atoms with E-state index in [1.165, 1.54) is 56.1 Å². The van der Waals surface area contributed by atoms with Gasteiger partial charge in [0.15, 0.2) is 0 Å². The highest BCUT2D eigenvalue weighted by atomic mass is 16.5. The van der Waals surface area contributed by atoms with E-state index in [0.717, 1.165) is 31.7 Å². The van der Waals surface area contributed by atoms with Gasteiger partial charge in [0.1, 0.15) is 0 Å². The van der Waals surface area contributed by atoms with Gasteiger partial charge >= 0.3 is 0 Å². The zero-order valence-corrected chi connectivity index (χ0v) is 12.4. The number of nitrogens with one attached hydrogen (secondary N) is 1. The lowest BCUT2D eigenvalue weighted by atomic mass is 9.90. The Morgan fingerprint density at radius 1 is 1.00 bits per heavy atom. The third-order valence-electron chi connectivity index (χ3n) is 4.51. The highest BCUT2D eigenvalue weighted by Crippen LogP contribution is 2.24. The molecule has 0 aromatic heterocycles. The molecule has 1 aromatic carbocycles. The van der Waals surface area contributed by atoms with Crippen LogP contribution in [-0.2, 0) is 17.9 Å². The van der Waals surface area contributed by atoms with Crippen molar-refractivity contribution in [3.8, 4) is 0 Å². The number of ether oxygens (including phenoxy) is 1. The molecule has 20 heavy (non-hydrogen) atoms. The Labute approximate surface area is 122 Å². The van der Waals surface area contributed by atoms with Crippen LogP contribution in [0.2, 0.25) is 0 Å². The van der Waals surface area contributed by atoms with Crippen molar-refractivity contribution in [1.82, 2.24) is 5.32 Å². The Balaban J connectivity index is 1.40. The van der Waals surface area contributed by atoms with Crippen molar-refractivity contribution in [3.05, 3.63) is 35.4 Å². The van der Waals surface area contributed by atoms with Gasteiger partial charge in [-0.1, -0.05) is 43.5 Å². The molecule has 0 aliphatic heterocycles. The lowest BCUT2D eigenvalue weighted by molar-refractivity contribution is 0.0739. The minimum Gasteiger partial charge on any atom is -0.376 e. The Bertz CT molecular complexity index is 408. The van der Waals surface area contributed by atoms with Crippen LogP contribution in [0.1, 0.15) is 56.1 Å². The Hall–Kier alpha value is -0.860. The third-order valence-corrected chi connectivity index (χ3v) is 4.51. The van der Waals surface area contributed by atoms with Crippen LogP contribution in [0.3, 0.4) is 0 Å². The van der Waals surface area contributed by atoms with Crippen LogP contribution >= 0.6 is 0 Å². The van der Waals surface area contributed by atoms with Gasteiger partial charge in [0.2, 0.25) is 0 Å². The lowest BCUT2D eigenvalue weighted by Gasteiger charge is -2.21. The number of benzene rings is 1. The maximum absolute atomic E-state index is 5.93. The van der Waals surface area contributed by atoms with Gasteiger partial charge in [0.05, 0.1) is 6.61 Å². The molecule has 1 N–H and O–H groups in total. The van der Waals surface area contributed by atoms with Gasteiger partial charge in [0, 0.05) is 19.2 Å². The maximum Gasteiger partial charge on any atom is 0.0717 e. The molecule has 2 fully saturated rings. The second-order valence-corrected chi connectivity index (χ2v) is 6.49. The smallest absolute Gasteiger partial charge is 0.0717 e. The summed E-state index contributed by atoms with van der Waals surface area (Å²) < 4.78 is 5.93. The van der Waals surface area contributed by atoms with Crippen LogP contribution in [0, 0.1) is 5.92 Å². The highest BCUT2D eigenvalue weighted by molar-refractivity contribution is 5.23. The van der Waals surface area contributed by atoms with Gasteiger partial charge in [-0.25, -0.2) is 0 Å². The molecule has 0 bridgehead atoms. The van der Waals surface area contributed by atoms with Crippen LogP contribution in [0.5, 0.6) is 0 Å². The summed E-state index contributed by atoms with van der Waals surface area (Å²) in [6.07, 6.45) is 9.66. The van der Waals surface area contributed by atoms with E-state index < -0.39 is 0 Å². The summed E-state index contributed by atoms with van der Waals surface area (Å²) in [5.74, 6) is 0.809. The quantitative estimate of drug-likeness (QED) is 0.809.